The number of fused-ring (bicyclic) bond motifs is 1. The van der Waals surface area contributed by atoms with E-state index in [-0.39, 0.29) is 17.1 Å². The Morgan fingerprint density at radius 3 is 2.73 bits per heavy atom. The summed E-state index contributed by atoms with van der Waals surface area (Å²) < 4.78 is 8.37. The van der Waals surface area contributed by atoms with Crippen LogP contribution in [0, 0.1) is 13.8 Å². The van der Waals surface area contributed by atoms with Gasteiger partial charge in [0, 0.05) is 24.1 Å². The molecule has 0 aliphatic heterocycles. The number of methoxy groups -OCH3 is 1. The third-order valence-electron chi connectivity index (χ3n) is 5.33. The zero-order valence-corrected chi connectivity index (χ0v) is 19.7. The van der Waals surface area contributed by atoms with Gasteiger partial charge in [-0.2, -0.15) is 0 Å². The fourth-order valence-corrected chi connectivity index (χ4v) is 4.38. The fourth-order valence-electron chi connectivity index (χ4n) is 3.44. The number of carbonyl (C=O) groups is 1. The lowest BCUT2D eigenvalue weighted by Gasteiger charge is -2.15. The van der Waals surface area contributed by atoms with E-state index < -0.39 is 5.25 Å². The third-order valence-corrected chi connectivity index (χ3v) is 6.65. The van der Waals surface area contributed by atoms with E-state index in [1.807, 2.05) is 57.2 Å². The minimum atomic E-state index is -0.391. The first-order chi connectivity index (χ1) is 15.9. The number of aryl methyl sites for hydroxylation is 2. The minimum Gasteiger partial charge on any atom is -0.497 e. The molecule has 0 fully saturated rings. The lowest BCUT2D eigenvalue weighted by atomic mass is 10.1. The van der Waals surface area contributed by atoms with Gasteiger partial charge in [-0.25, -0.2) is 0 Å². The number of hydrogen-bond acceptors (Lipinski definition) is 6. The molecule has 2 aromatic heterocycles. The number of nitrogens with one attached hydrogen (secondary N) is 1. The standard InChI is InChI=1S/C24H25N5O3S/c1-5-20(22(30)25-19-13-15(2)9-10-16(19)3)33-24-27-26-21-23(31)28(11-12-29(21)24)17-7-6-8-18(14-17)32-4/h6-14,20H,5H2,1-4H3,(H,25,30)/t20-/m1/s1. The molecule has 9 heteroatoms. The Kier molecular flexibility index (Phi) is 6.50. The average Bonchev–Trinajstić information content (AvgIpc) is 3.23. The van der Waals surface area contributed by atoms with Gasteiger partial charge >= 0.3 is 5.56 Å². The molecule has 0 bridgehead atoms. The van der Waals surface area contributed by atoms with Crippen molar-refractivity contribution < 1.29 is 9.53 Å². The number of ether oxygens (including phenoxy) is 1. The highest BCUT2D eigenvalue weighted by Gasteiger charge is 2.22. The summed E-state index contributed by atoms with van der Waals surface area (Å²) in [6.45, 7) is 5.89. The number of aromatic nitrogens is 4. The Hall–Kier alpha value is -3.59. The van der Waals surface area contributed by atoms with E-state index in [0.717, 1.165) is 16.8 Å². The van der Waals surface area contributed by atoms with Gasteiger partial charge in [0.1, 0.15) is 5.75 Å². The maximum Gasteiger partial charge on any atom is 0.300 e. The summed E-state index contributed by atoms with van der Waals surface area (Å²) in [5, 5.41) is 11.4. The quantitative estimate of drug-likeness (QED) is 0.417. The van der Waals surface area contributed by atoms with Crippen LogP contribution in [0.5, 0.6) is 5.75 Å². The SMILES string of the molecule is CC[C@@H](Sc1nnc2c(=O)n(-c3cccc(OC)c3)ccn12)C(=O)Nc1cc(C)ccc1C. The van der Waals surface area contributed by atoms with Gasteiger partial charge in [-0.05, 0) is 49.6 Å². The summed E-state index contributed by atoms with van der Waals surface area (Å²) in [4.78, 5) is 26.0. The predicted molar refractivity (Wildman–Crippen MR) is 130 cm³/mol. The van der Waals surface area contributed by atoms with Crippen molar-refractivity contribution in [3.05, 3.63) is 76.3 Å². The highest BCUT2D eigenvalue weighted by molar-refractivity contribution is 8.00. The Morgan fingerprint density at radius 1 is 1.15 bits per heavy atom. The van der Waals surface area contributed by atoms with Crippen LogP contribution in [-0.4, -0.2) is 37.4 Å². The Balaban J connectivity index is 1.60. The number of hydrogen-bond donors (Lipinski definition) is 1. The maximum atomic E-state index is 13.1. The van der Waals surface area contributed by atoms with Gasteiger partial charge in [-0.1, -0.05) is 36.9 Å². The topological polar surface area (TPSA) is 90.5 Å². The monoisotopic (exact) mass is 463 g/mol. The van der Waals surface area contributed by atoms with Crippen molar-refractivity contribution in [2.45, 2.75) is 37.6 Å². The highest BCUT2D eigenvalue weighted by atomic mass is 32.2. The number of amides is 1. The van der Waals surface area contributed by atoms with Crippen molar-refractivity contribution in [1.82, 2.24) is 19.2 Å². The van der Waals surface area contributed by atoms with Gasteiger partial charge in [0.05, 0.1) is 18.0 Å². The number of anilines is 1. The molecule has 170 valence electrons. The summed E-state index contributed by atoms with van der Waals surface area (Å²) >= 11 is 1.29. The molecule has 8 nitrogen and oxygen atoms in total. The second kappa shape index (κ2) is 9.50. The van der Waals surface area contributed by atoms with Gasteiger partial charge in [-0.15, -0.1) is 10.2 Å². The summed E-state index contributed by atoms with van der Waals surface area (Å²) in [6, 6.07) is 13.2. The average molecular weight is 464 g/mol. The van der Waals surface area contributed by atoms with Crippen molar-refractivity contribution in [3.8, 4) is 11.4 Å². The Labute approximate surface area is 195 Å². The van der Waals surface area contributed by atoms with Crippen LogP contribution >= 0.6 is 11.8 Å². The molecule has 0 saturated heterocycles. The first-order valence-corrected chi connectivity index (χ1v) is 11.4. The molecule has 0 aliphatic rings. The lowest BCUT2D eigenvalue weighted by Crippen LogP contribution is -2.25. The van der Waals surface area contributed by atoms with Gasteiger partial charge in [0.2, 0.25) is 11.6 Å². The number of benzene rings is 2. The van der Waals surface area contributed by atoms with E-state index >= 15 is 0 Å². The summed E-state index contributed by atoms with van der Waals surface area (Å²) in [6.07, 6.45) is 3.99. The Morgan fingerprint density at radius 2 is 1.97 bits per heavy atom. The summed E-state index contributed by atoms with van der Waals surface area (Å²) in [5.74, 6) is 0.537. The molecular weight excluding hydrogens is 438 g/mol. The first kappa shape index (κ1) is 22.6. The molecule has 0 saturated carbocycles. The molecule has 2 heterocycles. The fraction of sp³-hybridized carbons (Fsp3) is 0.250. The third kappa shape index (κ3) is 4.63. The molecule has 0 spiro atoms. The lowest BCUT2D eigenvalue weighted by molar-refractivity contribution is -0.115. The summed E-state index contributed by atoms with van der Waals surface area (Å²) in [7, 11) is 1.58. The molecular formula is C24H25N5O3S. The van der Waals surface area contributed by atoms with Crippen molar-refractivity contribution in [1.29, 1.82) is 0 Å². The van der Waals surface area contributed by atoms with Gasteiger partial charge in [0.15, 0.2) is 5.16 Å². The number of nitrogens with zero attached hydrogens (tertiary/aromatic N) is 4. The Bertz CT molecular complexity index is 1380. The maximum absolute atomic E-state index is 13.1. The number of rotatable bonds is 7. The van der Waals surface area contributed by atoms with Crippen molar-refractivity contribution in [3.63, 3.8) is 0 Å². The molecule has 4 rings (SSSR count). The zero-order valence-electron chi connectivity index (χ0n) is 18.9. The highest BCUT2D eigenvalue weighted by Crippen LogP contribution is 2.26. The molecule has 33 heavy (non-hydrogen) atoms. The number of carbonyl (C=O) groups excluding carboxylic acids is 1. The molecule has 4 aromatic rings. The second-order valence-corrected chi connectivity index (χ2v) is 8.84. The van der Waals surface area contributed by atoms with Crippen molar-refractivity contribution in [2.24, 2.45) is 0 Å². The van der Waals surface area contributed by atoms with Gasteiger partial charge < -0.3 is 10.1 Å². The van der Waals surface area contributed by atoms with Crippen LogP contribution in [-0.2, 0) is 4.79 Å². The van der Waals surface area contributed by atoms with Crippen molar-refractivity contribution >= 4 is 29.0 Å². The zero-order chi connectivity index (χ0) is 23.5. The van der Waals surface area contributed by atoms with Gasteiger partial charge in [0.25, 0.3) is 0 Å². The number of thioether (sulfide) groups is 1. The summed E-state index contributed by atoms with van der Waals surface area (Å²) in [5.41, 5.74) is 3.42. The van der Waals surface area contributed by atoms with E-state index in [1.54, 1.807) is 30.0 Å². The van der Waals surface area contributed by atoms with Crippen LogP contribution in [0.2, 0.25) is 0 Å². The van der Waals surface area contributed by atoms with Crippen LogP contribution in [0.4, 0.5) is 5.69 Å². The predicted octanol–water partition coefficient (Wildman–Crippen LogP) is 4.02. The van der Waals surface area contributed by atoms with E-state index in [2.05, 4.69) is 15.5 Å². The molecule has 1 N–H and O–H groups in total. The second-order valence-electron chi connectivity index (χ2n) is 7.67. The van der Waals surface area contributed by atoms with Gasteiger partial charge in [-0.3, -0.25) is 18.6 Å². The largest absolute Gasteiger partial charge is 0.497 e. The van der Waals surface area contributed by atoms with Crippen molar-refractivity contribution in [2.75, 3.05) is 12.4 Å². The first-order valence-electron chi connectivity index (χ1n) is 10.6. The minimum absolute atomic E-state index is 0.113. The van der Waals surface area contributed by atoms with Crippen LogP contribution in [0.3, 0.4) is 0 Å². The molecule has 1 atom stereocenters. The van der Waals surface area contributed by atoms with Crippen LogP contribution in [0.1, 0.15) is 24.5 Å². The van der Waals surface area contributed by atoms with E-state index in [1.165, 1.54) is 16.3 Å². The molecule has 0 unspecified atom stereocenters. The van der Waals surface area contributed by atoms with E-state index in [4.69, 9.17) is 4.74 Å². The van der Waals surface area contributed by atoms with E-state index in [0.29, 0.717) is 23.0 Å². The van der Waals surface area contributed by atoms with Crippen LogP contribution in [0.25, 0.3) is 11.3 Å². The molecule has 2 aromatic carbocycles. The molecule has 0 radical (unpaired) electrons. The smallest absolute Gasteiger partial charge is 0.300 e. The van der Waals surface area contributed by atoms with Crippen LogP contribution in [0.15, 0.2) is 64.8 Å². The molecule has 1 amide bonds. The van der Waals surface area contributed by atoms with Crippen LogP contribution < -0.4 is 15.6 Å². The van der Waals surface area contributed by atoms with E-state index in [9.17, 15) is 9.59 Å². The normalized spacial score (nSPS) is 12.0. The molecule has 0 aliphatic carbocycles.